The average Bonchev–Trinajstić information content (AvgIpc) is 2.48. The molecule has 0 aliphatic carbocycles. The summed E-state index contributed by atoms with van der Waals surface area (Å²) in [7, 11) is 0. The van der Waals surface area contributed by atoms with Crippen LogP contribution in [0.5, 0.6) is 5.75 Å². The molecule has 1 aromatic carbocycles. The first-order valence-electron chi connectivity index (χ1n) is 6.15. The van der Waals surface area contributed by atoms with Crippen molar-refractivity contribution in [2.45, 2.75) is 30.7 Å². The second-order valence-electron chi connectivity index (χ2n) is 4.60. The molecule has 0 spiro atoms. The van der Waals surface area contributed by atoms with Crippen molar-refractivity contribution >= 4 is 41.2 Å². The Balaban J connectivity index is 0.00000264. The third kappa shape index (κ3) is 4.38. The number of carbonyl (C=O) groups is 1. The molecule has 2 rings (SSSR count). The molecule has 1 aliphatic heterocycles. The largest absolute Gasteiger partial charge is 0.479 e. The summed E-state index contributed by atoms with van der Waals surface area (Å²) in [6, 6.07) is 4.73. The third-order valence-electron chi connectivity index (χ3n) is 3.11. The standard InChI is InChI=1S/C12H13NO9.Na/c14-7-8(15)10(11(17)18)22-12(9(7)16)21-6-3-1-5(2-4-6)13(19)20;/h1-4,7-10,12,14-16H,(H,17,18);/t7-,8-,9+,10-,12+;/m0./s1. The first-order valence-corrected chi connectivity index (χ1v) is 6.15. The number of hydrogen-bond acceptors (Lipinski definition) is 8. The van der Waals surface area contributed by atoms with E-state index in [0.717, 1.165) is 12.1 Å². The van der Waals surface area contributed by atoms with E-state index in [2.05, 4.69) is 0 Å². The van der Waals surface area contributed by atoms with Gasteiger partial charge in [-0.25, -0.2) is 4.79 Å². The van der Waals surface area contributed by atoms with Crippen LogP contribution in [0.25, 0.3) is 0 Å². The number of aliphatic carboxylic acids is 1. The maximum Gasteiger partial charge on any atom is 0.335 e. The minimum atomic E-state index is -1.82. The van der Waals surface area contributed by atoms with E-state index < -0.39 is 41.6 Å². The molecule has 23 heavy (non-hydrogen) atoms. The van der Waals surface area contributed by atoms with Crippen LogP contribution < -0.4 is 4.74 Å². The zero-order valence-electron chi connectivity index (χ0n) is 12.0. The van der Waals surface area contributed by atoms with Gasteiger partial charge >= 0.3 is 5.97 Å². The molecule has 121 valence electrons. The molecule has 1 fully saturated rings. The molecule has 5 atom stereocenters. The number of nitro groups is 1. The molecular weight excluding hydrogens is 325 g/mol. The average molecular weight is 338 g/mol. The van der Waals surface area contributed by atoms with Gasteiger partial charge in [0.1, 0.15) is 24.1 Å². The Kier molecular flexibility index (Phi) is 6.89. The molecule has 1 aliphatic rings. The quantitative estimate of drug-likeness (QED) is 0.290. The van der Waals surface area contributed by atoms with E-state index in [1.165, 1.54) is 12.1 Å². The number of rotatable bonds is 4. The normalized spacial score (nSPS) is 30.1. The number of aliphatic hydroxyl groups is 3. The molecule has 0 unspecified atom stereocenters. The fourth-order valence-corrected chi connectivity index (χ4v) is 1.93. The van der Waals surface area contributed by atoms with Crippen LogP contribution in [0.4, 0.5) is 5.69 Å². The summed E-state index contributed by atoms with van der Waals surface area (Å²) in [4.78, 5) is 20.8. The van der Waals surface area contributed by atoms with Crippen molar-refractivity contribution in [3.63, 3.8) is 0 Å². The molecule has 1 aromatic rings. The van der Waals surface area contributed by atoms with Gasteiger partial charge in [0.05, 0.1) is 4.92 Å². The Labute approximate surface area is 151 Å². The van der Waals surface area contributed by atoms with Gasteiger partial charge in [-0.3, -0.25) is 10.1 Å². The number of hydrogen-bond donors (Lipinski definition) is 4. The molecule has 1 radical (unpaired) electrons. The number of carboxylic acids is 1. The van der Waals surface area contributed by atoms with E-state index in [9.17, 15) is 30.2 Å². The maximum absolute atomic E-state index is 10.9. The minimum Gasteiger partial charge on any atom is -0.479 e. The first-order chi connectivity index (χ1) is 10.3. The number of aliphatic hydroxyl groups excluding tert-OH is 3. The van der Waals surface area contributed by atoms with Crippen LogP contribution in [-0.2, 0) is 9.53 Å². The fraction of sp³-hybridized carbons (Fsp3) is 0.417. The predicted octanol–water partition coefficient (Wildman–Crippen LogP) is -1.52. The Morgan fingerprint density at radius 3 is 2.17 bits per heavy atom. The minimum absolute atomic E-state index is 0. The van der Waals surface area contributed by atoms with Gasteiger partial charge in [-0.2, -0.15) is 0 Å². The summed E-state index contributed by atoms with van der Waals surface area (Å²) >= 11 is 0. The molecule has 0 amide bonds. The van der Waals surface area contributed by atoms with Gasteiger partial charge in [0, 0.05) is 41.7 Å². The van der Waals surface area contributed by atoms with E-state index in [-0.39, 0.29) is 41.0 Å². The number of nitrogens with zero attached hydrogens (tertiary/aromatic N) is 1. The number of carboxylic acid groups (broad SMARTS) is 1. The van der Waals surface area contributed by atoms with Crippen molar-refractivity contribution in [1.29, 1.82) is 0 Å². The van der Waals surface area contributed by atoms with E-state index in [0.29, 0.717) is 0 Å². The molecule has 10 nitrogen and oxygen atoms in total. The van der Waals surface area contributed by atoms with Crippen LogP contribution in [0.15, 0.2) is 24.3 Å². The van der Waals surface area contributed by atoms with E-state index in [1.54, 1.807) is 0 Å². The molecular formula is C12H13NNaO9. The van der Waals surface area contributed by atoms with Crippen molar-refractivity contribution < 1.29 is 39.6 Å². The van der Waals surface area contributed by atoms with Gasteiger partial charge in [0.25, 0.3) is 5.69 Å². The summed E-state index contributed by atoms with van der Waals surface area (Å²) in [5, 5.41) is 48.3. The topological polar surface area (TPSA) is 160 Å². The summed E-state index contributed by atoms with van der Waals surface area (Å²) in [5.41, 5.74) is -0.184. The summed E-state index contributed by atoms with van der Waals surface area (Å²) in [5.74, 6) is -1.47. The molecule has 4 N–H and O–H groups in total. The SMILES string of the molecule is O=C(O)[C@H]1O[C@@H](Oc2ccc([N+](=O)[O-])cc2)[C@H](O)[C@@H](O)[C@@H]1O.[Na]. The number of nitro benzene ring substituents is 1. The molecule has 0 aromatic heterocycles. The van der Waals surface area contributed by atoms with E-state index >= 15 is 0 Å². The van der Waals surface area contributed by atoms with Crippen molar-refractivity contribution in [3.8, 4) is 5.75 Å². The van der Waals surface area contributed by atoms with Crippen molar-refractivity contribution in [1.82, 2.24) is 0 Å². The maximum atomic E-state index is 10.9. The van der Waals surface area contributed by atoms with Crippen LogP contribution in [0.1, 0.15) is 0 Å². The number of non-ortho nitro benzene ring substituents is 1. The summed E-state index contributed by atoms with van der Waals surface area (Å²) in [6.45, 7) is 0. The molecule has 0 saturated carbocycles. The smallest absolute Gasteiger partial charge is 0.335 e. The van der Waals surface area contributed by atoms with Crippen LogP contribution in [0.2, 0.25) is 0 Å². The van der Waals surface area contributed by atoms with Crippen LogP contribution in [-0.4, -0.2) is 91.6 Å². The van der Waals surface area contributed by atoms with Crippen molar-refractivity contribution in [2.75, 3.05) is 0 Å². The Bertz CT molecular complexity index is 566. The van der Waals surface area contributed by atoms with Crippen LogP contribution >= 0.6 is 0 Å². The zero-order valence-corrected chi connectivity index (χ0v) is 14.0. The third-order valence-corrected chi connectivity index (χ3v) is 3.11. The molecule has 1 heterocycles. The fourth-order valence-electron chi connectivity index (χ4n) is 1.93. The second kappa shape index (κ2) is 8.02. The second-order valence-corrected chi connectivity index (χ2v) is 4.60. The van der Waals surface area contributed by atoms with E-state index in [1.807, 2.05) is 0 Å². The Hall–Kier alpha value is -1.27. The molecule has 1 saturated heterocycles. The summed E-state index contributed by atoms with van der Waals surface area (Å²) < 4.78 is 10.1. The first kappa shape index (κ1) is 19.8. The molecule has 11 heteroatoms. The van der Waals surface area contributed by atoms with Gasteiger partial charge in [0.15, 0.2) is 6.10 Å². The van der Waals surface area contributed by atoms with Gasteiger partial charge in [0.2, 0.25) is 6.29 Å². The van der Waals surface area contributed by atoms with Crippen LogP contribution in [0, 0.1) is 10.1 Å². The molecule has 0 bridgehead atoms. The van der Waals surface area contributed by atoms with Gasteiger partial charge < -0.3 is 29.9 Å². The summed E-state index contributed by atoms with van der Waals surface area (Å²) in [6.07, 6.45) is -8.62. The predicted molar refractivity (Wildman–Crippen MR) is 73.8 cm³/mol. The Morgan fingerprint density at radius 2 is 1.70 bits per heavy atom. The Morgan fingerprint density at radius 1 is 1.13 bits per heavy atom. The number of benzene rings is 1. The van der Waals surface area contributed by atoms with E-state index in [4.69, 9.17) is 14.6 Å². The number of ether oxygens (including phenoxy) is 2. The zero-order chi connectivity index (χ0) is 16.4. The van der Waals surface area contributed by atoms with Gasteiger partial charge in [-0.05, 0) is 12.1 Å². The van der Waals surface area contributed by atoms with Gasteiger partial charge in [-0.15, -0.1) is 0 Å². The van der Waals surface area contributed by atoms with Crippen molar-refractivity contribution in [3.05, 3.63) is 34.4 Å². The van der Waals surface area contributed by atoms with Crippen molar-refractivity contribution in [2.24, 2.45) is 0 Å². The van der Waals surface area contributed by atoms with Gasteiger partial charge in [-0.1, -0.05) is 0 Å². The monoisotopic (exact) mass is 338 g/mol. The van der Waals surface area contributed by atoms with Crippen LogP contribution in [0.3, 0.4) is 0 Å².